The molecule has 1 amide bonds. The number of nitrogens with one attached hydrogen (secondary N) is 1. The summed E-state index contributed by atoms with van der Waals surface area (Å²) in [6, 6.07) is 12.3. The number of carbonyl (C=O) groups is 2. The van der Waals surface area contributed by atoms with E-state index in [2.05, 4.69) is 11.4 Å². The maximum atomic E-state index is 12.6. The quantitative estimate of drug-likeness (QED) is 0.723. The van der Waals surface area contributed by atoms with E-state index in [-0.39, 0.29) is 12.5 Å². The van der Waals surface area contributed by atoms with Crippen molar-refractivity contribution in [2.24, 2.45) is 0 Å². The number of benzene rings is 1. The van der Waals surface area contributed by atoms with Gasteiger partial charge in [-0.05, 0) is 37.3 Å². The van der Waals surface area contributed by atoms with E-state index < -0.39 is 11.4 Å². The van der Waals surface area contributed by atoms with Gasteiger partial charge in [0.25, 0.3) is 0 Å². The second-order valence-corrected chi connectivity index (χ2v) is 8.07. The molecule has 1 aromatic carbocycles. The number of esters is 1. The molecule has 0 unspecified atom stereocenters. The normalized spacial score (nSPS) is 18.0. The molecule has 1 aliphatic carbocycles. The van der Waals surface area contributed by atoms with Gasteiger partial charge in [-0.1, -0.05) is 37.3 Å². The van der Waals surface area contributed by atoms with Crippen LogP contribution in [-0.4, -0.2) is 18.5 Å². The summed E-state index contributed by atoms with van der Waals surface area (Å²) in [5, 5.41) is 13.4. The van der Waals surface area contributed by atoms with Gasteiger partial charge >= 0.3 is 5.97 Å². The highest BCUT2D eigenvalue weighted by atomic mass is 32.1. The van der Waals surface area contributed by atoms with Gasteiger partial charge in [-0.2, -0.15) is 5.26 Å². The summed E-state index contributed by atoms with van der Waals surface area (Å²) in [5.74, 6) is -0.516. The molecule has 6 heteroatoms. The number of fused-ring (bicyclic) bond motifs is 1. The molecule has 0 aliphatic heterocycles. The van der Waals surface area contributed by atoms with Crippen molar-refractivity contribution >= 4 is 28.2 Å². The number of ether oxygens (including phenoxy) is 1. The van der Waals surface area contributed by atoms with Crippen LogP contribution in [0.15, 0.2) is 30.3 Å². The van der Waals surface area contributed by atoms with E-state index in [1.165, 1.54) is 11.3 Å². The largest absolute Gasteiger partial charge is 0.462 e. The Morgan fingerprint density at radius 3 is 2.68 bits per heavy atom. The molecule has 2 aromatic rings. The molecule has 3 rings (SSSR count). The van der Waals surface area contributed by atoms with E-state index in [1.807, 2.05) is 37.3 Å². The Labute approximate surface area is 169 Å². The third-order valence-electron chi connectivity index (χ3n) is 5.10. The standard InChI is InChI=1S/C22H24N2O3S/c1-3-8-18(25)24-20-19(21(26)27-4-2)16-11-12-22(14-23,13-17(16)28-20)15-9-6-5-7-10-15/h5-7,9-10H,3-4,8,11-13H2,1-2H3,(H,24,25)/t22-/m1/s1. The third kappa shape index (κ3) is 3.81. The van der Waals surface area contributed by atoms with Gasteiger partial charge in [0.1, 0.15) is 5.00 Å². The first-order valence-electron chi connectivity index (χ1n) is 9.63. The summed E-state index contributed by atoms with van der Waals surface area (Å²) >= 11 is 1.40. The second-order valence-electron chi connectivity index (χ2n) is 6.96. The number of amides is 1. The average Bonchev–Trinajstić information content (AvgIpc) is 3.05. The van der Waals surface area contributed by atoms with Crippen LogP contribution in [0.2, 0.25) is 0 Å². The fourth-order valence-corrected chi connectivity index (χ4v) is 5.07. The lowest BCUT2D eigenvalue weighted by Gasteiger charge is -2.31. The van der Waals surface area contributed by atoms with Gasteiger partial charge in [0.05, 0.1) is 23.7 Å². The van der Waals surface area contributed by atoms with E-state index in [1.54, 1.807) is 6.92 Å². The van der Waals surface area contributed by atoms with Gasteiger partial charge in [-0.15, -0.1) is 11.3 Å². The summed E-state index contributed by atoms with van der Waals surface area (Å²) < 4.78 is 5.25. The van der Waals surface area contributed by atoms with Crippen molar-refractivity contribution in [3.8, 4) is 6.07 Å². The zero-order valence-corrected chi connectivity index (χ0v) is 17.0. The Bertz CT molecular complexity index is 914. The van der Waals surface area contributed by atoms with Crippen molar-refractivity contribution in [2.45, 2.75) is 51.4 Å². The van der Waals surface area contributed by atoms with Gasteiger partial charge in [0.15, 0.2) is 0 Å². The summed E-state index contributed by atoms with van der Waals surface area (Å²) in [6.45, 7) is 3.98. The fraction of sp³-hybridized carbons (Fsp3) is 0.409. The van der Waals surface area contributed by atoms with Crippen molar-refractivity contribution in [3.63, 3.8) is 0 Å². The molecule has 146 valence electrons. The molecule has 1 heterocycles. The van der Waals surface area contributed by atoms with Crippen molar-refractivity contribution in [2.75, 3.05) is 11.9 Å². The predicted octanol–water partition coefficient (Wildman–Crippen LogP) is 4.61. The first-order chi connectivity index (χ1) is 13.5. The zero-order chi connectivity index (χ0) is 20.1. The highest BCUT2D eigenvalue weighted by molar-refractivity contribution is 7.17. The van der Waals surface area contributed by atoms with Gasteiger partial charge in [0.2, 0.25) is 5.91 Å². The number of hydrogen-bond acceptors (Lipinski definition) is 5. The number of nitrogens with zero attached hydrogens (tertiary/aromatic N) is 1. The number of carbonyl (C=O) groups excluding carboxylic acids is 2. The van der Waals surface area contributed by atoms with Gasteiger partial charge in [-0.3, -0.25) is 4.79 Å². The molecule has 0 bridgehead atoms. The summed E-state index contributed by atoms with van der Waals surface area (Å²) in [7, 11) is 0. The van der Waals surface area contributed by atoms with Crippen molar-refractivity contribution in [1.29, 1.82) is 5.26 Å². The molecular weight excluding hydrogens is 372 g/mol. The van der Waals surface area contributed by atoms with E-state index in [0.717, 1.165) is 22.4 Å². The number of hydrogen-bond donors (Lipinski definition) is 1. The molecule has 0 radical (unpaired) electrons. The minimum absolute atomic E-state index is 0.110. The number of anilines is 1. The molecule has 0 fully saturated rings. The van der Waals surface area contributed by atoms with Crippen LogP contribution in [0.4, 0.5) is 5.00 Å². The van der Waals surface area contributed by atoms with E-state index in [9.17, 15) is 14.9 Å². The minimum atomic E-state index is -0.615. The summed E-state index contributed by atoms with van der Waals surface area (Å²) in [6.07, 6.45) is 2.90. The van der Waals surface area contributed by atoms with Crippen LogP contribution in [0.5, 0.6) is 0 Å². The van der Waals surface area contributed by atoms with Crippen molar-refractivity contribution in [1.82, 2.24) is 0 Å². The smallest absolute Gasteiger partial charge is 0.341 e. The molecule has 0 saturated carbocycles. The first-order valence-corrected chi connectivity index (χ1v) is 10.4. The molecule has 0 spiro atoms. The summed E-state index contributed by atoms with van der Waals surface area (Å²) in [4.78, 5) is 25.7. The van der Waals surface area contributed by atoms with Crippen LogP contribution >= 0.6 is 11.3 Å². The van der Waals surface area contributed by atoms with Gasteiger partial charge in [-0.25, -0.2) is 4.79 Å². The van der Waals surface area contributed by atoms with Crippen LogP contribution in [0, 0.1) is 11.3 Å². The van der Waals surface area contributed by atoms with Crippen LogP contribution in [0.25, 0.3) is 0 Å². The van der Waals surface area contributed by atoms with E-state index in [4.69, 9.17) is 4.74 Å². The summed E-state index contributed by atoms with van der Waals surface area (Å²) in [5.41, 5.74) is 1.75. The Hall–Kier alpha value is -2.65. The van der Waals surface area contributed by atoms with Crippen LogP contribution < -0.4 is 5.32 Å². The number of rotatable bonds is 6. The maximum Gasteiger partial charge on any atom is 0.341 e. The lowest BCUT2D eigenvalue weighted by Crippen LogP contribution is -2.31. The lowest BCUT2D eigenvalue weighted by molar-refractivity contribution is -0.116. The Kier molecular flexibility index (Phi) is 6.15. The van der Waals surface area contributed by atoms with E-state index in [0.29, 0.717) is 36.2 Å². The SMILES string of the molecule is CCCC(=O)Nc1sc2c(c1C(=O)OCC)CC[C@@](C#N)(c1ccccc1)C2. The lowest BCUT2D eigenvalue weighted by atomic mass is 9.70. The van der Waals surface area contributed by atoms with Gasteiger partial charge < -0.3 is 10.1 Å². The Morgan fingerprint density at radius 2 is 2.04 bits per heavy atom. The molecule has 5 nitrogen and oxygen atoms in total. The van der Waals surface area contributed by atoms with Crippen LogP contribution in [0.1, 0.15) is 59.5 Å². The average molecular weight is 397 g/mol. The van der Waals surface area contributed by atoms with Crippen LogP contribution in [-0.2, 0) is 27.8 Å². The zero-order valence-electron chi connectivity index (χ0n) is 16.2. The molecule has 1 aliphatic rings. The number of nitriles is 1. The van der Waals surface area contributed by atoms with Gasteiger partial charge in [0, 0.05) is 17.7 Å². The first kappa shape index (κ1) is 20.1. The Balaban J connectivity index is 2.01. The topological polar surface area (TPSA) is 79.2 Å². The highest BCUT2D eigenvalue weighted by Crippen LogP contribution is 2.45. The molecule has 0 saturated heterocycles. The highest BCUT2D eigenvalue weighted by Gasteiger charge is 2.40. The Morgan fingerprint density at radius 1 is 1.29 bits per heavy atom. The molecule has 1 atom stereocenters. The molecule has 1 N–H and O–H groups in total. The molecular formula is C22H24N2O3S. The predicted molar refractivity (Wildman–Crippen MR) is 110 cm³/mol. The minimum Gasteiger partial charge on any atom is -0.462 e. The van der Waals surface area contributed by atoms with E-state index >= 15 is 0 Å². The fourth-order valence-electron chi connectivity index (χ4n) is 3.71. The second kappa shape index (κ2) is 8.57. The number of thiophene rings is 1. The monoisotopic (exact) mass is 396 g/mol. The maximum absolute atomic E-state index is 12.6. The third-order valence-corrected chi connectivity index (χ3v) is 6.25. The van der Waals surface area contributed by atoms with Crippen molar-refractivity contribution in [3.05, 3.63) is 51.9 Å². The molecule has 28 heavy (non-hydrogen) atoms. The van der Waals surface area contributed by atoms with Crippen molar-refractivity contribution < 1.29 is 14.3 Å². The van der Waals surface area contributed by atoms with Crippen LogP contribution in [0.3, 0.4) is 0 Å². The molecule has 1 aromatic heterocycles.